The molecule has 42 heavy (non-hydrogen) atoms. The van der Waals surface area contributed by atoms with Gasteiger partial charge in [0.2, 0.25) is 6.79 Å². The number of likely N-dealkylation sites (tertiary alicyclic amines) is 1. The van der Waals surface area contributed by atoms with E-state index in [1.807, 2.05) is 4.90 Å². The Bertz CT molecular complexity index is 1430. The number of fused-ring (bicyclic) bond motifs is 2. The SMILES string of the molecule is COCCNc1cc(Nc2ccc(C(=O)N3CCC(N4CCOCC4)CC3)c3c2OCO3)nc2[nH]cc(C(F)(F)F)c12. The van der Waals surface area contributed by atoms with Crippen LogP contribution >= 0.6 is 0 Å². The average molecular weight is 591 g/mol. The first-order valence-electron chi connectivity index (χ1n) is 14.0. The van der Waals surface area contributed by atoms with Crippen LogP contribution in [0.3, 0.4) is 0 Å². The highest BCUT2D eigenvalue weighted by Gasteiger charge is 2.36. The van der Waals surface area contributed by atoms with Gasteiger partial charge in [-0.15, -0.1) is 0 Å². The number of anilines is 3. The van der Waals surface area contributed by atoms with Gasteiger partial charge in [-0.2, -0.15) is 13.2 Å². The summed E-state index contributed by atoms with van der Waals surface area (Å²) in [6.07, 6.45) is -1.86. The minimum Gasteiger partial charge on any atom is -0.453 e. The molecule has 2 saturated heterocycles. The minimum absolute atomic E-state index is 0.0602. The van der Waals surface area contributed by atoms with Crippen LogP contribution < -0.4 is 20.1 Å². The summed E-state index contributed by atoms with van der Waals surface area (Å²) in [5.74, 6) is 0.834. The predicted molar refractivity (Wildman–Crippen MR) is 149 cm³/mol. The fraction of sp³-hybridized carbons (Fsp3) is 0.500. The molecule has 1 amide bonds. The van der Waals surface area contributed by atoms with E-state index in [-0.39, 0.29) is 35.2 Å². The molecule has 226 valence electrons. The van der Waals surface area contributed by atoms with Gasteiger partial charge >= 0.3 is 6.18 Å². The van der Waals surface area contributed by atoms with Crippen molar-refractivity contribution < 1.29 is 36.9 Å². The van der Waals surface area contributed by atoms with Gasteiger partial charge in [-0.1, -0.05) is 0 Å². The fourth-order valence-corrected chi connectivity index (χ4v) is 5.80. The number of hydrogen-bond donors (Lipinski definition) is 3. The Balaban J connectivity index is 1.22. The minimum atomic E-state index is -4.56. The first kappa shape index (κ1) is 28.4. The van der Waals surface area contributed by atoms with Gasteiger partial charge in [0.1, 0.15) is 11.5 Å². The molecule has 0 bridgehead atoms. The van der Waals surface area contributed by atoms with E-state index in [1.54, 1.807) is 12.1 Å². The lowest BCUT2D eigenvalue weighted by atomic mass is 10.0. The second-order valence-corrected chi connectivity index (χ2v) is 10.4. The second-order valence-electron chi connectivity index (χ2n) is 10.4. The standard InChI is InChI=1S/C28H33F3N6O5/c1-39-11-6-32-21-14-22(35-26-23(21)19(15-33-26)28(29,30)31)34-20-3-2-18(24-25(20)42-16-41-24)27(38)37-7-4-17(5-8-37)36-9-12-40-13-10-36/h2-3,14-15,17H,4-13,16H2,1H3,(H3,32,33,34,35). The first-order valence-corrected chi connectivity index (χ1v) is 14.0. The number of morpholine rings is 1. The van der Waals surface area contributed by atoms with E-state index in [9.17, 15) is 18.0 Å². The van der Waals surface area contributed by atoms with Gasteiger partial charge in [0, 0.05) is 63.8 Å². The summed E-state index contributed by atoms with van der Waals surface area (Å²) in [7, 11) is 1.51. The number of nitrogens with zero attached hydrogens (tertiary/aromatic N) is 3. The molecule has 3 N–H and O–H groups in total. The molecule has 0 radical (unpaired) electrons. The number of nitrogens with one attached hydrogen (secondary N) is 3. The van der Waals surface area contributed by atoms with Gasteiger partial charge in [-0.05, 0) is 25.0 Å². The molecular weight excluding hydrogens is 557 g/mol. The first-order chi connectivity index (χ1) is 20.3. The summed E-state index contributed by atoms with van der Waals surface area (Å²) in [5, 5.41) is 6.08. The largest absolute Gasteiger partial charge is 0.453 e. The van der Waals surface area contributed by atoms with E-state index in [0.29, 0.717) is 55.0 Å². The average Bonchev–Trinajstić information content (AvgIpc) is 3.66. The molecule has 3 aliphatic rings. The topological polar surface area (TPSA) is 113 Å². The molecule has 0 aliphatic carbocycles. The Morgan fingerprint density at radius 3 is 2.62 bits per heavy atom. The van der Waals surface area contributed by atoms with Crippen LogP contribution in [-0.4, -0.2) is 98.2 Å². The van der Waals surface area contributed by atoms with E-state index in [2.05, 4.69) is 25.5 Å². The maximum absolute atomic E-state index is 13.7. The highest BCUT2D eigenvalue weighted by molar-refractivity contribution is 6.00. The van der Waals surface area contributed by atoms with Crippen LogP contribution in [-0.2, 0) is 15.7 Å². The normalized spacial score (nSPS) is 18.0. The highest BCUT2D eigenvalue weighted by Crippen LogP contribution is 2.45. The molecule has 11 nitrogen and oxygen atoms in total. The number of alkyl halides is 3. The number of pyridine rings is 1. The quantitative estimate of drug-likeness (QED) is 0.335. The number of rotatable bonds is 8. The Kier molecular flexibility index (Phi) is 8.01. The van der Waals surface area contributed by atoms with Gasteiger partial charge in [0.15, 0.2) is 11.5 Å². The molecule has 5 heterocycles. The summed E-state index contributed by atoms with van der Waals surface area (Å²) in [6.45, 7) is 5.17. The molecular formula is C28H33F3N6O5. The van der Waals surface area contributed by atoms with E-state index in [0.717, 1.165) is 45.3 Å². The zero-order valence-electron chi connectivity index (χ0n) is 23.2. The maximum Gasteiger partial charge on any atom is 0.418 e. The van der Waals surface area contributed by atoms with Gasteiger partial charge in [0.25, 0.3) is 5.91 Å². The number of aromatic amines is 1. The molecule has 0 saturated carbocycles. The molecule has 1 aromatic carbocycles. The smallest absolute Gasteiger partial charge is 0.418 e. The van der Waals surface area contributed by atoms with Crippen molar-refractivity contribution in [2.45, 2.75) is 25.1 Å². The number of carbonyl (C=O) groups is 1. The van der Waals surface area contributed by atoms with Crippen LogP contribution in [0, 0.1) is 0 Å². The van der Waals surface area contributed by atoms with Gasteiger partial charge in [-0.25, -0.2) is 4.98 Å². The Hall–Kier alpha value is -3.75. The molecule has 2 fully saturated rings. The predicted octanol–water partition coefficient (Wildman–Crippen LogP) is 4.05. The highest BCUT2D eigenvalue weighted by atomic mass is 19.4. The lowest BCUT2D eigenvalue weighted by Crippen LogP contribution is -2.50. The third kappa shape index (κ3) is 5.65. The second kappa shape index (κ2) is 11.9. The van der Waals surface area contributed by atoms with E-state index in [4.69, 9.17) is 18.9 Å². The summed E-state index contributed by atoms with van der Waals surface area (Å²) in [5.41, 5.74) is 0.373. The molecule has 2 aromatic heterocycles. The number of aromatic nitrogens is 2. The summed E-state index contributed by atoms with van der Waals surface area (Å²) >= 11 is 0. The van der Waals surface area contributed by atoms with Gasteiger partial charge in [0.05, 0.1) is 42.0 Å². The van der Waals surface area contributed by atoms with Crippen LogP contribution in [0.1, 0.15) is 28.8 Å². The van der Waals surface area contributed by atoms with Crippen LogP contribution in [0.5, 0.6) is 11.5 Å². The molecule has 0 atom stereocenters. The van der Waals surface area contributed by atoms with E-state index >= 15 is 0 Å². The van der Waals surface area contributed by atoms with Crippen molar-refractivity contribution in [1.29, 1.82) is 0 Å². The third-order valence-electron chi connectivity index (χ3n) is 7.89. The molecule has 14 heteroatoms. The lowest BCUT2D eigenvalue weighted by molar-refractivity contribution is -0.136. The van der Waals surface area contributed by atoms with Crippen molar-refractivity contribution in [2.24, 2.45) is 0 Å². The van der Waals surface area contributed by atoms with Gasteiger partial charge in [-0.3, -0.25) is 9.69 Å². The monoisotopic (exact) mass is 590 g/mol. The molecule has 3 aliphatic heterocycles. The number of amides is 1. The third-order valence-corrected chi connectivity index (χ3v) is 7.89. The number of halogens is 3. The zero-order chi connectivity index (χ0) is 29.3. The number of methoxy groups -OCH3 is 1. The molecule has 0 unspecified atom stereocenters. The van der Waals surface area contributed by atoms with Crippen molar-refractivity contribution in [3.05, 3.63) is 35.5 Å². The maximum atomic E-state index is 13.7. The number of hydrogen-bond acceptors (Lipinski definition) is 9. The zero-order valence-corrected chi connectivity index (χ0v) is 23.2. The number of benzene rings is 1. The fourth-order valence-electron chi connectivity index (χ4n) is 5.80. The lowest BCUT2D eigenvalue weighted by Gasteiger charge is -2.40. The van der Waals surface area contributed by atoms with Crippen molar-refractivity contribution in [2.75, 3.05) is 77.1 Å². The molecule has 6 rings (SSSR count). The number of piperidine rings is 1. The molecule has 0 spiro atoms. The summed E-state index contributed by atoms with van der Waals surface area (Å²) in [4.78, 5) is 24.8. The Labute approximate surface area is 240 Å². The van der Waals surface area contributed by atoms with E-state index in [1.165, 1.54) is 13.2 Å². The van der Waals surface area contributed by atoms with Crippen LogP contribution in [0.15, 0.2) is 24.4 Å². The Morgan fingerprint density at radius 2 is 1.88 bits per heavy atom. The number of ether oxygens (including phenoxy) is 4. The van der Waals surface area contributed by atoms with E-state index < -0.39 is 11.7 Å². The van der Waals surface area contributed by atoms with Gasteiger partial charge < -0.3 is 39.5 Å². The van der Waals surface area contributed by atoms with Crippen molar-refractivity contribution in [3.63, 3.8) is 0 Å². The van der Waals surface area contributed by atoms with Crippen molar-refractivity contribution in [1.82, 2.24) is 19.8 Å². The summed E-state index contributed by atoms with van der Waals surface area (Å²) in [6, 6.07) is 5.32. The number of H-pyrrole nitrogens is 1. The van der Waals surface area contributed by atoms with Crippen LogP contribution in [0.25, 0.3) is 11.0 Å². The van der Waals surface area contributed by atoms with Crippen LogP contribution in [0.4, 0.5) is 30.4 Å². The molecule has 3 aromatic rings. The Morgan fingerprint density at radius 1 is 1.12 bits per heavy atom. The van der Waals surface area contributed by atoms with Crippen molar-refractivity contribution in [3.8, 4) is 11.5 Å². The van der Waals surface area contributed by atoms with Crippen molar-refractivity contribution >= 4 is 34.1 Å². The van der Waals surface area contributed by atoms with Crippen LogP contribution in [0.2, 0.25) is 0 Å². The number of carbonyl (C=O) groups excluding carboxylic acids is 1. The summed E-state index contributed by atoms with van der Waals surface area (Å²) < 4.78 is 63.0.